The van der Waals surface area contributed by atoms with Crippen molar-refractivity contribution in [2.45, 2.75) is 76.5 Å². The molecule has 162 valence electrons. The van der Waals surface area contributed by atoms with Gasteiger partial charge in [0, 0.05) is 31.4 Å². The van der Waals surface area contributed by atoms with Crippen LogP contribution in [0.15, 0.2) is 16.9 Å². The van der Waals surface area contributed by atoms with Gasteiger partial charge in [-0.25, -0.2) is 9.97 Å². The van der Waals surface area contributed by atoms with Crippen LogP contribution in [0, 0.1) is 5.92 Å². The lowest BCUT2D eigenvalue weighted by molar-refractivity contribution is -0.137. The van der Waals surface area contributed by atoms with Crippen LogP contribution in [0.4, 0.5) is 5.82 Å². The lowest BCUT2D eigenvalue weighted by Gasteiger charge is -2.21. The summed E-state index contributed by atoms with van der Waals surface area (Å²) in [5.41, 5.74) is 0.602. The molecule has 2 aliphatic rings. The summed E-state index contributed by atoms with van der Waals surface area (Å²) >= 11 is 0. The molecule has 2 aromatic heterocycles. The largest absolute Gasteiger partial charge is 0.481 e. The summed E-state index contributed by atoms with van der Waals surface area (Å²) in [5, 5.41) is 13.5. The Morgan fingerprint density at radius 3 is 2.67 bits per heavy atom. The third-order valence-corrected chi connectivity index (χ3v) is 6.40. The number of carbonyl (C=O) groups is 1. The van der Waals surface area contributed by atoms with E-state index in [4.69, 9.17) is 4.52 Å². The van der Waals surface area contributed by atoms with E-state index in [1.165, 1.54) is 32.1 Å². The van der Waals surface area contributed by atoms with Crippen LogP contribution < -0.4 is 4.90 Å². The Morgan fingerprint density at radius 1 is 1.13 bits per heavy atom. The normalized spacial score (nSPS) is 18.6. The highest BCUT2D eigenvalue weighted by molar-refractivity contribution is 5.68. The molecule has 0 spiro atoms. The smallest absolute Gasteiger partial charge is 0.304 e. The van der Waals surface area contributed by atoms with E-state index in [1.807, 2.05) is 0 Å². The number of hydrogen-bond donors (Lipinski definition) is 1. The van der Waals surface area contributed by atoms with Crippen LogP contribution in [0.2, 0.25) is 0 Å². The SMILES string of the molecule is O=C(O)CC(CCCC1CCCCC1)c1nc(-c2nccnc2N2CCCC2)no1. The van der Waals surface area contributed by atoms with E-state index >= 15 is 0 Å². The Kier molecular flexibility index (Phi) is 6.92. The van der Waals surface area contributed by atoms with Gasteiger partial charge in [0.15, 0.2) is 11.5 Å². The Morgan fingerprint density at radius 2 is 1.90 bits per heavy atom. The Balaban J connectivity index is 1.46. The van der Waals surface area contributed by atoms with E-state index in [9.17, 15) is 9.90 Å². The second-order valence-corrected chi connectivity index (χ2v) is 8.61. The quantitative estimate of drug-likeness (QED) is 0.643. The fraction of sp³-hybridized carbons (Fsp3) is 0.682. The molecular weight excluding hydrogens is 382 g/mol. The highest BCUT2D eigenvalue weighted by Crippen LogP contribution is 2.33. The minimum atomic E-state index is -0.838. The van der Waals surface area contributed by atoms with Gasteiger partial charge >= 0.3 is 5.97 Å². The van der Waals surface area contributed by atoms with Crippen LogP contribution in [0.25, 0.3) is 11.5 Å². The average molecular weight is 414 g/mol. The third kappa shape index (κ3) is 5.15. The van der Waals surface area contributed by atoms with Crippen LogP contribution in [0.3, 0.4) is 0 Å². The number of nitrogens with zero attached hydrogens (tertiary/aromatic N) is 5. The maximum Gasteiger partial charge on any atom is 0.304 e. The van der Waals surface area contributed by atoms with Crippen molar-refractivity contribution in [3.63, 3.8) is 0 Å². The van der Waals surface area contributed by atoms with Crippen LogP contribution >= 0.6 is 0 Å². The molecule has 1 unspecified atom stereocenters. The van der Waals surface area contributed by atoms with Gasteiger partial charge in [-0.15, -0.1) is 0 Å². The molecule has 8 heteroatoms. The third-order valence-electron chi connectivity index (χ3n) is 6.40. The number of hydrogen-bond acceptors (Lipinski definition) is 7. The van der Waals surface area contributed by atoms with E-state index < -0.39 is 5.97 Å². The first-order valence-electron chi connectivity index (χ1n) is 11.3. The summed E-state index contributed by atoms with van der Waals surface area (Å²) in [6.07, 6.45) is 15.1. The van der Waals surface area contributed by atoms with Gasteiger partial charge in [-0.05, 0) is 25.2 Å². The Bertz CT molecular complexity index is 828. The van der Waals surface area contributed by atoms with Crippen LogP contribution in [-0.4, -0.2) is 44.3 Å². The molecule has 0 radical (unpaired) electrons. The highest BCUT2D eigenvalue weighted by atomic mass is 16.5. The molecular formula is C22H31N5O3. The summed E-state index contributed by atoms with van der Waals surface area (Å²) in [6.45, 7) is 1.89. The molecule has 2 fully saturated rings. The molecule has 30 heavy (non-hydrogen) atoms. The summed E-state index contributed by atoms with van der Waals surface area (Å²) in [5.74, 6) is 1.24. The van der Waals surface area contributed by atoms with Crippen molar-refractivity contribution in [1.29, 1.82) is 0 Å². The predicted molar refractivity (Wildman–Crippen MR) is 112 cm³/mol. The van der Waals surface area contributed by atoms with E-state index in [2.05, 4.69) is 25.0 Å². The standard InChI is InChI=1S/C22H31N5O3/c28-18(29)15-17(10-6-9-16-7-2-1-3-8-16)22-25-20(26-30-22)19-21(24-12-11-23-19)27-13-4-5-14-27/h11-12,16-17H,1-10,13-15H2,(H,28,29). The summed E-state index contributed by atoms with van der Waals surface area (Å²) < 4.78 is 5.53. The Labute approximate surface area is 177 Å². The number of aromatic nitrogens is 4. The molecule has 1 atom stereocenters. The monoisotopic (exact) mass is 413 g/mol. The first-order chi connectivity index (χ1) is 14.7. The van der Waals surface area contributed by atoms with Crippen LogP contribution in [0.5, 0.6) is 0 Å². The molecule has 2 aromatic rings. The van der Waals surface area contributed by atoms with Gasteiger partial charge < -0.3 is 14.5 Å². The molecule has 8 nitrogen and oxygen atoms in total. The van der Waals surface area contributed by atoms with E-state index in [-0.39, 0.29) is 12.3 Å². The maximum atomic E-state index is 11.4. The van der Waals surface area contributed by atoms with Gasteiger partial charge in [0.25, 0.3) is 0 Å². The van der Waals surface area contributed by atoms with Gasteiger partial charge in [0.1, 0.15) is 0 Å². The highest BCUT2D eigenvalue weighted by Gasteiger charge is 2.26. The van der Waals surface area contributed by atoms with Crippen LogP contribution in [-0.2, 0) is 4.79 Å². The zero-order valence-electron chi connectivity index (χ0n) is 17.5. The number of rotatable bonds is 9. The van der Waals surface area contributed by atoms with Crippen molar-refractivity contribution < 1.29 is 14.4 Å². The minimum absolute atomic E-state index is 0.00570. The maximum absolute atomic E-state index is 11.4. The van der Waals surface area contributed by atoms with Crippen molar-refractivity contribution in [3.8, 4) is 11.5 Å². The van der Waals surface area contributed by atoms with E-state index in [1.54, 1.807) is 12.4 Å². The number of carboxylic acid groups (broad SMARTS) is 1. The molecule has 1 aliphatic heterocycles. The van der Waals surface area contributed by atoms with Gasteiger partial charge in [-0.3, -0.25) is 4.79 Å². The lowest BCUT2D eigenvalue weighted by atomic mass is 9.84. The average Bonchev–Trinajstić information content (AvgIpc) is 3.46. The molecule has 1 saturated carbocycles. The van der Waals surface area contributed by atoms with E-state index in [0.29, 0.717) is 17.4 Å². The molecule has 4 rings (SSSR count). The fourth-order valence-electron chi connectivity index (χ4n) is 4.80. The first-order valence-corrected chi connectivity index (χ1v) is 11.3. The van der Waals surface area contributed by atoms with Crippen molar-refractivity contribution in [2.75, 3.05) is 18.0 Å². The molecule has 1 saturated heterocycles. The number of anilines is 1. The van der Waals surface area contributed by atoms with Crippen molar-refractivity contribution >= 4 is 11.8 Å². The minimum Gasteiger partial charge on any atom is -0.481 e. The zero-order chi connectivity index (χ0) is 20.8. The van der Waals surface area contributed by atoms with Crippen molar-refractivity contribution in [2.24, 2.45) is 5.92 Å². The summed E-state index contributed by atoms with van der Waals surface area (Å²) in [7, 11) is 0. The van der Waals surface area contributed by atoms with Crippen LogP contribution in [0.1, 0.15) is 82.4 Å². The van der Waals surface area contributed by atoms with Crippen molar-refractivity contribution in [1.82, 2.24) is 20.1 Å². The molecule has 0 aromatic carbocycles. The van der Waals surface area contributed by atoms with Gasteiger partial charge in [0.2, 0.25) is 11.7 Å². The lowest BCUT2D eigenvalue weighted by Crippen LogP contribution is -2.20. The number of carboxylic acids is 1. The second kappa shape index (κ2) is 10.00. The summed E-state index contributed by atoms with van der Waals surface area (Å²) in [4.78, 5) is 27.1. The molecule has 3 heterocycles. The summed E-state index contributed by atoms with van der Waals surface area (Å²) in [6, 6.07) is 0. The first kappa shape index (κ1) is 20.8. The number of aliphatic carboxylic acids is 1. The topological polar surface area (TPSA) is 105 Å². The Hall–Kier alpha value is -2.51. The zero-order valence-corrected chi connectivity index (χ0v) is 17.5. The van der Waals surface area contributed by atoms with Gasteiger partial charge in [-0.1, -0.05) is 50.1 Å². The molecule has 1 N–H and O–H groups in total. The second-order valence-electron chi connectivity index (χ2n) is 8.61. The predicted octanol–water partition coefficient (Wildman–Crippen LogP) is 4.44. The van der Waals surface area contributed by atoms with E-state index in [0.717, 1.165) is 56.9 Å². The molecule has 1 aliphatic carbocycles. The fourth-order valence-corrected chi connectivity index (χ4v) is 4.80. The van der Waals surface area contributed by atoms with Crippen molar-refractivity contribution in [3.05, 3.63) is 18.3 Å². The molecule has 0 amide bonds. The van der Waals surface area contributed by atoms with Gasteiger partial charge in [0.05, 0.1) is 6.42 Å². The van der Waals surface area contributed by atoms with Gasteiger partial charge in [-0.2, -0.15) is 4.98 Å². The molecule has 0 bridgehead atoms.